The number of carbonyl (C=O) groups excluding carboxylic acids is 1. The van der Waals surface area contributed by atoms with E-state index >= 15 is 0 Å². The maximum absolute atomic E-state index is 12.7. The van der Waals surface area contributed by atoms with Gasteiger partial charge in [0.05, 0.1) is 36.3 Å². The molecule has 0 unspecified atom stereocenters. The Balaban J connectivity index is 1.66. The van der Waals surface area contributed by atoms with Gasteiger partial charge in [0, 0.05) is 12.7 Å². The third-order valence-corrected chi connectivity index (χ3v) is 4.22. The molecular formula is C19H15N7O3. The highest BCUT2D eigenvalue weighted by molar-refractivity contribution is 5.88. The zero-order valence-electron chi connectivity index (χ0n) is 15.4. The molecule has 0 aliphatic heterocycles. The topological polar surface area (TPSA) is 131 Å². The van der Waals surface area contributed by atoms with E-state index in [9.17, 15) is 9.59 Å². The third-order valence-electron chi connectivity index (χ3n) is 4.22. The number of aromatic amines is 1. The van der Waals surface area contributed by atoms with Crippen LogP contribution in [0.3, 0.4) is 0 Å². The van der Waals surface area contributed by atoms with Crippen LogP contribution < -0.4 is 5.56 Å². The number of nitrogens with one attached hydrogen (secondary N) is 1. The van der Waals surface area contributed by atoms with Crippen molar-refractivity contribution in [2.45, 2.75) is 13.5 Å². The molecule has 144 valence electrons. The van der Waals surface area contributed by atoms with E-state index in [-0.39, 0.29) is 29.3 Å². The lowest BCUT2D eigenvalue weighted by molar-refractivity contribution is 0.0526. The molecule has 3 aromatic heterocycles. The van der Waals surface area contributed by atoms with Crippen molar-refractivity contribution in [1.82, 2.24) is 29.3 Å². The van der Waals surface area contributed by atoms with E-state index in [1.54, 1.807) is 23.6 Å². The Morgan fingerprint density at radius 1 is 1.31 bits per heavy atom. The Hall–Kier alpha value is -4.26. The van der Waals surface area contributed by atoms with Gasteiger partial charge in [-0.2, -0.15) is 15.3 Å². The minimum Gasteiger partial charge on any atom is -0.462 e. The van der Waals surface area contributed by atoms with Crippen molar-refractivity contribution in [3.63, 3.8) is 0 Å². The molecule has 10 nitrogen and oxygen atoms in total. The molecule has 3 heterocycles. The quantitative estimate of drug-likeness (QED) is 0.510. The molecular weight excluding hydrogens is 374 g/mol. The standard InChI is InChI=1S/C19H15N7O3/c1-2-29-18(28)14-8-22-26(10-14)19-23-16-15(17(27)24-19)25(11-21-16)9-13-5-3-12(7-20)4-6-13/h3-6,8,10-11H,2,9H2,1H3,(H,23,24,27). The average Bonchev–Trinajstić information content (AvgIpc) is 3.37. The zero-order chi connectivity index (χ0) is 20.4. The number of aromatic nitrogens is 6. The molecule has 0 aliphatic carbocycles. The van der Waals surface area contributed by atoms with Gasteiger partial charge in [0.25, 0.3) is 5.56 Å². The Kier molecular flexibility index (Phi) is 4.62. The van der Waals surface area contributed by atoms with Crippen molar-refractivity contribution < 1.29 is 9.53 Å². The van der Waals surface area contributed by atoms with Crippen LogP contribution in [0, 0.1) is 11.3 Å². The fourth-order valence-corrected chi connectivity index (χ4v) is 2.84. The molecule has 0 aliphatic rings. The first-order valence-corrected chi connectivity index (χ1v) is 8.75. The van der Waals surface area contributed by atoms with E-state index in [4.69, 9.17) is 10.00 Å². The Morgan fingerprint density at radius 3 is 2.83 bits per heavy atom. The molecule has 1 aromatic carbocycles. The summed E-state index contributed by atoms with van der Waals surface area (Å²) in [5, 5.41) is 12.9. The summed E-state index contributed by atoms with van der Waals surface area (Å²) in [5.74, 6) is -0.365. The number of fused-ring (bicyclic) bond motifs is 1. The minimum atomic E-state index is -0.506. The maximum Gasteiger partial charge on any atom is 0.341 e. The predicted octanol–water partition coefficient (Wildman–Crippen LogP) is 1.40. The normalized spacial score (nSPS) is 10.8. The number of hydrogen-bond donors (Lipinski definition) is 1. The van der Waals surface area contributed by atoms with Gasteiger partial charge in [0.1, 0.15) is 0 Å². The van der Waals surface area contributed by atoms with Gasteiger partial charge in [-0.05, 0) is 24.6 Å². The van der Waals surface area contributed by atoms with Gasteiger partial charge in [0.15, 0.2) is 11.2 Å². The summed E-state index contributed by atoms with van der Waals surface area (Å²) in [4.78, 5) is 35.6. The monoisotopic (exact) mass is 389 g/mol. The molecule has 4 aromatic rings. The van der Waals surface area contributed by atoms with E-state index in [0.717, 1.165) is 5.56 Å². The van der Waals surface area contributed by atoms with Crippen LogP contribution in [0.1, 0.15) is 28.4 Å². The molecule has 0 spiro atoms. The second-order valence-corrected chi connectivity index (χ2v) is 6.14. The second-order valence-electron chi connectivity index (χ2n) is 6.14. The summed E-state index contributed by atoms with van der Waals surface area (Å²) in [6, 6.07) is 9.14. The molecule has 0 amide bonds. The fraction of sp³-hybridized carbons (Fsp3) is 0.158. The molecule has 1 N–H and O–H groups in total. The number of ether oxygens (including phenoxy) is 1. The SMILES string of the molecule is CCOC(=O)c1cnn(-c2nc3ncn(Cc4ccc(C#N)cc4)c3c(=O)[nH]2)c1. The first-order chi connectivity index (χ1) is 14.1. The number of nitriles is 1. The van der Waals surface area contributed by atoms with Gasteiger partial charge < -0.3 is 9.30 Å². The van der Waals surface area contributed by atoms with Gasteiger partial charge >= 0.3 is 5.97 Å². The molecule has 0 radical (unpaired) electrons. The molecule has 4 rings (SSSR count). The number of H-pyrrole nitrogens is 1. The highest BCUT2D eigenvalue weighted by atomic mass is 16.5. The Morgan fingerprint density at radius 2 is 2.10 bits per heavy atom. The molecule has 0 bridgehead atoms. The third kappa shape index (κ3) is 3.49. The van der Waals surface area contributed by atoms with Crippen molar-refractivity contribution in [2.24, 2.45) is 0 Å². The maximum atomic E-state index is 12.7. The largest absolute Gasteiger partial charge is 0.462 e. The van der Waals surface area contributed by atoms with Crippen LogP contribution in [0.25, 0.3) is 17.1 Å². The smallest absolute Gasteiger partial charge is 0.341 e. The number of carbonyl (C=O) groups is 1. The first kappa shape index (κ1) is 18.1. The van der Waals surface area contributed by atoms with Crippen molar-refractivity contribution in [3.05, 3.63) is 70.0 Å². The number of hydrogen-bond acceptors (Lipinski definition) is 7. The fourth-order valence-electron chi connectivity index (χ4n) is 2.84. The van der Waals surface area contributed by atoms with E-state index < -0.39 is 5.97 Å². The van der Waals surface area contributed by atoms with Crippen LogP contribution in [-0.4, -0.2) is 41.9 Å². The van der Waals surface area contributed by atoms with Crippen LogP contribution in [0.4, 0.5) is 0 Å². The molecule has 0 fully saturated rings. The van der Waals surface area contributed by atoms with Gasteiger partial charge in [-0.15, -0.1) is 0 Å². The molecule has 0 atom stereocenters. The van der Waals surface area contributed by atoms with Crippen LogP contribution in [0.2, 0.25) is 0 Å². The molecule has 29 heavy (non-hydrogen) atoms. The van der Waals surface area contributed by atoms with E-state index in [0.29, 0.717) is 17.6 Å². The van der Waals surface area contributed by atoms with Gasteiger partial charge in [-0.1, -0.05) is 12.1 Å². The van der Waals surface area contributed by atoms with Crippen LogP contribution >= 0.6 is 0 Å². The zero-order valence-corrected chi connectivity index (χ0v) is 15.4. The lowest BCUT2D eigenvalue weighted by Crippen LogP contribution is -2.16. The van der Waals surface area contributed by atoms with Crippen molar-refractivity contribution in [2.75, 3.05) is 6.61 Å². The highest BCUT2D eigenvalue weighted by Crippen LogP contribution is 2.12. The molecule has 0 saturated carbocycles. The van der Waals surface area contributed by atoms with Crippen molar-refractivity contribution in [1.29, 1.82) is 5.26 Å². The summed E-state index contributed by atoms with van der Waals surface area (Å²) < 4.78 is 7.89. The summed E-state index contributed by atoms with van der Waals surface area (Å²) in [5.41, 5.74) is 1.92. The number of benzene rings is 1. The average molecular weight is 389 g/mol. The van der Waals surface area contributed by atoms with Gasteiger partial charge in [-0.3, -0.25) is 9.78 Å². The lowest BCUT2D eigenvalue weighted by Gasteiger charge is -2.05. The van der Waals surface area contributed by atoms with E-state index in [1.165, 1.54) is 23.4 Å². The van der Waals surface area contributed by atoms with Gasteiger partial charge in [-0.25, -0.2) is 14.5 Å². The summed E-state index contributed by atoms with van der Waals surface area (Å²) in [6.07, 6.45) is 4.30. The first-order valence-electron chi connectivity index (χ1n) is 8.75. The minimum absolute atomic E-state index is 0.140. The predicted molar refractivity (Wildman–Crippen MR) is 101 cm³/mol. The van der Waals surface area contributed by atoms with E-state index in [1.807, 2.05) is 12.1 Å². The highest BCUT2D eigenvalue weighted by Gasteiger charge is 2.15. The van der Waals surface area contributed by atoms with Crippen molar-refractivity contribution in [3.8, 4) is 12.0 Å². The summed E-state index contributed by atoms with van der Waals surface area (Å²) >= 11 is 0. The summed E-state index contributed by atoms with van der Waals surface area (Å²) in [6.45, 7) is 2.37. The second kappa shape index (κ2) is 7.40. The molecule has 0 saturated heterocycles. The number of imidazole rings is 1. The molecule has 10 heteroatoms. The van der Waals surface area contributed by atoms with Crippen LogP contribution in [0.5, 0.6) is 0 Å². The Labute approximate surface area is 164 Å². The van der Waals surface area contributed by atoms with Crippen LogP contribution in [-0.2, 0) is 11.3 Å². The van der Waals surface area contributed by atoms with Gasteiger partial charge in [0.2, 0.25) is 5.95 Å². The lowest BCUT2D eigenvalue weighted by atomic mass is 10.1. The Bertz CT molecular complexity index is 1290. The van der Waals surface area contributed by atoms with E-state index in [2.05, 4.69) is 26.1 Å². The van der Waals surface area contributed by atoms with Crippen LogP contribution in [0.15, 0.2) is 47.8 Å². The summed E-state index contributed by atoms with van der Waals surface area (Å²) in [7, 11) is 0. The number of nitrogens with zero attached hydrogens (tertiary/aromatic N) is 6. The van der Waals surface area contributed by atoms with Crippen molar-refractivity contribution >= 4 is 17.1 Å². The number of esters is 1. The number of rotatable bonds is 5.